The van der Waals surface area contributed by atoms with Crippen LogP contribution in [0.15, 0.2) is 12.1 Å². The molecule has 4 N–H and O–H groups in total. The van der Waals surface area contributed by atoms with Crippen LogP contribution in [0.2, 0.25) is 0 Å². The number of anilines is 1. The molecule has 0 saturated carbocycles. The van der Waals surface area contributed by atoms with Gasteiger partial charge in [-0.2, -0.15) is 0 Å². The second kappa shape index (κ2) is 6.20. The van der Waals surface area contributed by atoms with Gasteiger partial charge in [0, 0.05) is 17.6 Å². The third-order valence-electron chi connectivity index (χ3n) is 2.53. The fourth-order valence-corrected chi connectivity index (χ4v) is 2.96. The van der Waals surface area contributed by atoms with Gasteiger partial charge in [0.25, 0.3) is 0 Å². The van der Waals surface area contributed by atoms with E-state index in [0.29, 0.717) is 0 Å². The number of benzene rings is 1. The van der Waals surface area contributed by atoms with E-state index in [2.05, 4.69) is 22.3 Å². The normalized spacial score (nSPS) is 12.2. The van der Waals surface area contributed by atoms with Crippen LogP contribution in [0, 0.1) is 11.6 Å². The number of rotatable bonds is 6. The first-order valence-electron chi connectivity index (χ1n) is 5.93. The van der Waals surface area contributed by atoms with Gasteiger partial charge < -0.3 is 11.1 Å². The van der Waals surface area contributed by atoms with Crippen LogP contribution < -0.4 is 15.8 Å². The average molecular weight is 337 g/mol. The molecule has 0 aromatic heterocycles. The van der Waals surface area contributed by atoms with Crippen LogP contribution >= 0.6 is 12.2 Å². The summed E-state index contributed by atoms with van der Waals surface area (Å²) in [4.78, 5) is -0.239. The van der Waals surface area contributed by atoms with Gasteiger partial charge in [-0.3, -0.25) is 0 Å². The molecule has 9 heteroatoms. The summed E-state index contributed by atoms with van der Waals surface area (Å²) in [6.45, 7) is 3.28. The van der Waals surface area contributed by atoms with Crippen LogP contribution in [0.25, 0.3) is 0 Å². The molecule has 21 heavy (non-hydrogen) atoms. The van der Waals surface area contributed by atoms with Gasteiger partial charge in [-0.1, -0.05) is 12.2 Å². The van der Waals surface area contributed by atoms with E-state index in [1.54, 1.807) is 13.8 Å². The van der Waals surface area contributed by atoms with Crippen LogP contribution in [-0.2, 0) is 10.0 Å². The molecule has 0 atom stereocenters. The van der Waals surface area contributed by atoms with Gasteiger partial charge in [0.1, 0.15) is 4.99 Å². The van der Waals surface area contributed by atoms with E-state index < -0.39 is 27.2 Å². The Labute approximate surface area is 128 Å². The molecule has 118 valence electrons. The zero-order valence-electron chi connectivity index (χ0n) is 11.8. The Balaban J connectivity index is 2.91. The van der Waals surface area contributed by atoms with Gasteiger partial charge in [-0.15, -0.1) is 0 Å². The lowest BCUT2D eigenvalue weighted by Crippen LogP contribution is -2.47. The highest BCUT2D eigenvalue weighted by atomic mass is 32.2. The zero-order valence-corrected chi connectivity index (χ0v) is 13.5. The second-order valence-corrected chi connectivity index (χ2v) is 7.45. The van der Waals surface area contributed by atoms with Crippen molar-refractivity contribution in [2.24, 2.45) is 5.73 Å². The standard InChI is InChI=1S/C12H17F2N3O2S2/c1-12(2,17-21(3,18)19)6-16-8-5-4-7(11(15)20)9(13)10(8)14/h4-5,16-17H,6H2,1-3H3,(H2,15,20). The molecule has 0 heterocycles. The number of nitrogens with one attached hydrogen (secondary N) is 2. The minimum Gasteiger partial charge on any atom is -0.389 e. The molecule has 0 aliphatic rings. The van der Waals surface area contributed by atoms with E-state index in [1.807, 2.05) is 0 Å². The van der Waals surface area contributed by atoms with Crippen molar-refractivity contribution in [3.63, 3.8) is 0 Å². The lowest BCUT2D eigenvalue weighted by molar-refractivity contribution is 0.472. The molecular formula is C12H17F2N3O2S2. The first-order chi connectivity index (χ1) is 9.43. The predicted octanol–water partition coefficient (Wildman–Crippen LogP) is 1.34. The van der Waals surface area contributed by atoms with Crippen LogP contribution in [0.4, 0.5) is 14.5 Å². The first-order valence-corrected chi connectivity index (χ1v) is 8.23. The van der Waals surface area contributed by atoms with E-state index in [0.717, 1.165) is 6.26 Å². The maximum absolute atomic E-state index is 13.8. The molecule has 0 spiro atoms. The molecule has 0 saturated heterocycles. The summed E-state index contributed by atoms with van der Waals surface area (Å²) in [5, 5.41) is 2.66. The molecule has 0 amide bonds. The van der Waals surface area contributed by atoms with Crippen molar-refractivity contribution < 1.29 is 17.2 Å². The highest BCUT2D eigenvalue weighted by Crippen LogP contribution is 2.21. The van der Waals surface area contributed by atoms with E-state index in [4.69, 9.17) is 5.73 Å². The van der Waals surface area contributed by atoms with E-state index >= 15 is 0 Å². The Morgan fingerprint density at radius 1 is 1.33 bits per heavy atom. The smallest absolute Gasteiger partial charge is 0.209 e. The molecule has 0 aliphatic heterocycles. The van der Waals surface area contributed by atoms with Crippen LogP contribution in [0.5, 0.6) is 0 Å². The lowest BCUT2D eigenvalue weighted by Gasteiger charge is -2.26. The Morgan fingerprint density at radius 2 is 1.90 bits per heavy atom. The number of thiocarbonyl (C=S) groups is 1. The van der Waals surface area contributed by atoms with Gasteiger partial charge >= 0.3 is 0 Å². The number of sulfonamides is 1. The Bertz CT molecular complexity index is 661. The number of hydrogen-bond donors (Lipinski definition) is 3. The maximum atomic E-state index is 13.8. The number of hydrogen-bond acceptors (Lipinski definition) is 4. The summed E-state index contributed by atoms with van der Waals surface area (Å²) < 4.78 is 52.3. The molecule has 0 radical (unpaired) electrons. The number of halogens is 2. The highest BCUT2D eigenvalue weighted by Gasteiger charge is 2.23. The molecule has 0 bridgehead atoms. The van der Waals surface area contributed by atoms with Crippen molar-refractivity contribution in [2.45, 2.75) is 19.4 Å². The quantitative estimate of drug-likeness (QED) is 0.682. The van der Waals surface area contributed by atoms with Crippen molar-refractivity contribution in [1.29, 1.82) is 0 Å². The van der Waals surface area contributed by atoms with E-state index in [1.165, 1.54) is 12.1 Å². The van der Waals surface area contributed by atoms with Gasteiger partial charge in [0.05, 0.1) is 11.9 Å². The molecule has 1 aromatic rings. The van der Waals surface area contributed by atoms with E-state index in [9.17, 15) is 17.2 Å². The SMILES string of the molecule is CC(C)(CNc1ccc(C(N)=S)c(F)c1F)NS(C)(=O)=O. The fourth-order valence-electron chi connectivity index (χ4n) is 1.73. The molecule has 1 aromatic carbocycles. The van der Waals surface area contributed by atoms with Gasteiger partial charge in [-0.05, 0) is 26.0 Å². The van der Waals surface area contributed by atoms with Crippen LogP contribution in [0.3, 0.4) is 0 Å². The van der Waals surface area contributed by atoms with Crippen molar-refractivity contribution in [3.8, 4) is 0 Å². The third-order valence-corrected chi connectivity index (χ3v) is 3.67. The molecule has 5 nitrogen and oxygen atoms in total. The second-order valence-electron chi connectivity index (χ2n) is 5.26. The van der Waals surface area contributed by atoms with E-state index in [-0.39, 0.29) is 22.8 Å². The average Bonchev–Trinajstić information content (AvgIpc) is 2.27. The number of nitrogens with two attached hydrogens (primary N) is 1. The van der Waals surface area contributed by atoms with Crippen molar-refractivity contribution in [2.75, 3.05) is 18.1 Å². The summed E-state index contributed by atoms with van der Waals surface area (Å²) in [5.41, 5.74) is 4.12. The summed E-state index contributed by atoms with van der Waals surface area (Å²) >= 11 is 4.61. The molecule has 0 fully saturated rings. The maximum Gasteiger partial charge on any atom is 0.209 e. The molecule has 0 unspecified atom stereocenters. The lowest BCUT2D eigenvalue weighted by atomic mass is 10.1. The summed E-state index contributed by atoms with van der Waals surface area (Å²) in [7, 11) is -3.41. The molecule has 1 rings (SSSR count). The monoisotopic (exact) mass is 337 g/mol. The van der Waals surface area contributed by atoms with Crippen LogP contribution in [0.1, 0.15) is 19.4 Å². The van der Waals surface area contributed by atoms with Gasteiger partial charge in [-0.25, -0.2) is 21.9 Å². The Hall–Kier alpha value is -1.32. The molecular weight excluding hydrogens is 320 g/mol. The zero-order chi connectivity index (χ0) is 16.4. The topological polar surface area (TPSA) is 84.2 Å². The summed E-state index contributed by atoms with van der Waals surface area (Å²) in [6.07, 6.45) is 1.02. The summed E-state index contributed by atoms with van der Waals surface area (Å²) in [5.74, 6) is -2.25. The summed E-state index contributed by atoms with van der Waals surface area (Å²) in [6, 6.07) is 2.56. The van der Waals surface area contributed by atoms with Gasteiger partial charge in [0.15, 0.2) is 11.6 Å². The van der Waals surface area contributed by atoms with Crippen molar-refractivity contribution >= 4 is 32.9 Å². The first kappa shape index (κ1) is 17.7. The van der Waals surface area contributed by atoms with Crippen molar-refractivity contribution in [3.05, 3.63) is 29.3 Å². The molecule has 0 aliphatic carbocycles. The predicted molar refractivity (Wildman–Crippen MR) is 82.8 cm³/mol. The minimum absolute atomic E-state index is 0.0584. The van der Waals surface area contributed by atoms with Gasteiger partial charge in [0.2, 0.25) is 10.0 Å². The van der Waals surface area contributed by atoms with Crippen molar-refractivity contribution in [1.82, 2.24) is 4.72 Å². The Kier molecular flexibility index (Phi) is 5.24. The highest BCUT2D eigenvalue weighted by molar-refractivity contribution is 7.88. The van der Waals surface area contributed by atoms with Crippen LogP contribution in [-0.4, -0.2) is 31.7 Å². The third kappa shape index (κ3) is 5.18. The Morgan fingerprint density at radius 3 is 2.38 bits per heavy atom. The fraction of sp³-hybridized carbons (Fsp3) is 0.417. The largest absolute Gasteiger partial charge is 0.389 e. The minimum atomic E-state index is -3.41.